The van der Waals surface area contributed by atoms with Crippen LogP contribution in [0.2, 0.25) is 0 Å². The monoisotopic (exact) mass is 336 g/mol. The van der Waals surface area contributed by atoms with Gasteiger partial charge in [-0.1, -0.05) is 48.5 Å². The number of amides is 1. The maximum atomic E-state index is 12.6. The number of aryl methyl sites for hydroxylation is 2. The van der Waals surface area contributed by atoms with Crippen molar-refractivity contribution in [1.82, 2.24) is 4.57 Å². The Bertz CT molecular complexity index is 936. The molecule has 0 N–H and O–H groups in total. The molecular formula is C20H20N2OS. The summed E-state index contributed by atoms with van der Waals surface area (Å²) in [6.07, 6.45) is 0. The first-order chi connectivity index (χ1) is 11.6. The number of aromatic nitrogens is 1. The molecule has 0 radical (unpaired) electrons. The summed E-state index contributed by atoms with van der Waals surface area (Å²) >= 11 is 1.56. The molecule has 3 rings (SSSR count). The number of hydrogen-bond acceptors (Lipinski definition) is 2. The first kappa shape index (κ1) is 16.4. The van der Waals surface area contributed by atoms with Crippen LogP contribution in [0.3, 0.4) is 0 Å². The van der Waals surface area contributed by atoms with Crippen LogP contribution in [0.15, 0.2) is 59.6 Å². The van der Waals surface area contributed by atoms with E-state index in [1.807, 2.05) is 49.4 Å². The van der Waals surface area contributed by atoms with Gasteiger partial charge in [0.05, 0.1) is 5.69 Å². The average Bonchev–Trinajstić information content (AvgIpc) is 2.91. The number of hydrogen-bond donors (Lipinski definition) is 0. The number of carbonyl (C=O) groups excluding carboxylic acids is 1. The van der Waals surface area contributed by atoms with Crippen LogP contribution in [0, 0.1) is 13.8 Å². The Morgan fingerprint density at radius 3 is 2.38 bits per heavy atom. The zero-order chi connectivity index (χ0) is 17.1. The lowest BCUT2D eigenvalue weighted by Gasteiger charge is -2.07. The fourth-order valence-corrected chi connectivity index (χ4v) is 3.88. The van der Waals surface area contributed by atoms with Gasteiger partial charge in [0.2, 0.25) is 0 Å². The molecule has 0 aliphatic carbocycles. The molecule has 0 aliphatic heterocycles. The average molecular weight is 336 g/mol. The minimum absolute atomic E-state index is 0.184. The molecule has 0 aliphatic rings. The summed E-state index contributed by atoms with van der Waals surface area (Å²) in [6, 6.07) is 17.8. The van der Waals surface area contributed by atoms with E-state index in [1.165, 1.54) is 4.88 Å². The third kappa shape index (κ3) is 3.10. The van der Waals surface area contributed by atoms with Gasteiger partial charge in [0, 0.05) is 17.0 Å². The van der Waals surface area contributed by atoms with E-state index in [4.69, 9.17) is 0 Å². The van der Waals surface area contributed by atoms with E-state index in [-0.39, 0.29) is 5.91 Å². The van der Waals surface area contributed by atoms with Crippen LogP contribution in [0.25, 0.3) is 11.3 Å². The molecule has 3 nitrogen and oxygen atoms in total. The molecule has 3 aromatic rings. The number of carbonyl (C=O) groups is 1. The summed E-state index contributed by atoms with van der Waals surface area (Å²) < 4.78 is 2.12. The van der Waals surface area contributed by atoms with Gasteiger partial charge in [-0.05, 0) is 38.0 Å². The SMILES string of the molecule is CCn1c(-c2ccccc2)c(C)sc1=NC(=O)c1ccccc1C. The molecule has 4 heteroatoms. The van der Waals surface area contributed by atoms with Gasteiger partial charge in [-0.15, -0.1) is 11.3 Å². The Morgan fingerprint density at radius 1 is 1.04 bits per heavy atom. The largest absolute Gasteiger partial charge is 0.316 e. The summed E-state index contributed by atoms with van der Waals surface area (Å²) in [5.41, 5.74) is 3.90. The Hall–Kier alpha value is -2.46. The van der Waals surface area contributed by atoms with Crippen LogP contribution in [-0.4, -0.2) is 10.5 Å². The molecule has 0 spiro atoms. The maximum Gasteiger partial charge on any atom is 0.279 e. The smallest absolute Gasteiger partial charge is 0.279 e. The molecule has 0 saturated carbocycles. The van der Waals surface area contributed by atoms with Gasteiger partial charge >= 0.3 is 0 Å². The van der Waals surface area contributed by atoms with Crippen molar-refractivity contribution in [2.24, 2.45) is 4.99 Å². The summed E-state index contributed by atoms with van der Waals surface area (Å²) in [4.78, 5) is 18.9. The van der Waals surface area contributed by atoms with Crippen LogP contribution in [0.4, 0.5) is 0 Å². The highest BCUT2D eigenvalue weighted by Gasteiger charge is 2.13. The fraction of sp³-hybridized carbons (Fsp3) is 0.200. The van der Waals surface area contributed by atoms with Gasteiger partial charge in [-0.3, -0.25) is 4.79 Å². The van der Waals surface area contributed by atoms with Crippen LogP contribution in [0.5, 0.6) is 0 Å². The first-order valence-corrected chi connectivity index (χ1v) is 8.83. The maximum absolute atomic E-state index is 12.6. The van der Waals surface area contributed by atoms with Crippen molar-refractivity contribution in [2.45, 2.75) is 27.3 Å². The highest BCUT2D eigenvalue weighted by atomic mass is 32.1. The van der Waals surface area contributed by atoms with Gasteiger partial charge in [-0.2, -0.15) is 4.99 Å². The Balaban J connectivity index is 2.13. The van der Waals surface area contributed by atoms with Gasteiger partial charge in [0.1, 0.15) is 0 Å². The summed E-state index contributed by atoms with van der Waals surface area (Å²) in [5.74, 6) is -0.184. The van der Waals surface area contributed by atoms with Gasteiger partial charge in [0.25, 0.3) is 5.91 Å². The minimum atomic E-state index is -0.184. The van der Waals surface area contributed by atoms with Crippen molar-refractivity contribution >= 4 is 17.2 Å². The summed E-state index contributed by atoms with van der Waals surface area (Å²) in [7, 11) is 0. The first-order valence-electron chi connectivity index (χ1n) is 8.02. The molecule has 122 valence electrons. The zero-order valence-corrected chi connectivity index (χ0v) is 14.9. The molecule has 0 atom stereocenters. The molecule has 1 aromatic heterocycles. The van der Waals surface area contributed by atoms with Crippen LogP contribution in [-0.2, 0) is 6.54 Å². The Kier molecular flexibility index (Phi) is 4.76. The van der Waals surface area contributed by atoms with Crippen molar-refractivity contribution in [2.75, 3.05) is 0 Å². The van der Waals surface area contributed by atoms with E-state index in [0.717, 1.165) is 28.2 Å². The van der Waals surface area contributed by atoms with Crippen molar-refractivity contribution in [3.8, 4) is 11.3 Å². The minimum Gasteiger partial charge on any atom is -0.316 e. The van der Waals surface area contributed by atoms with Crippen molar-refractivity contribution in [1.29, 1.82) is 0 Å². The molecule has 1 amide bonds. The van der Waals surface area contributed by atoms with Crippen molar-refractivity contribution in [3.05, 3.63) is 75.4 Å². The predicted octanol–water partition coefficient (Wildman–Crippen LogP) is 4.59. The quantitative estimate of drug-likeness (QED) is 0.688. The predicted molar refractivity (Wildman–Crippen MR) is 99.2 cm³/mol. The van der Waals surface area contributed by atoms with Gasteiger partial charge < -0.3 is 4.57 Å². The second-order valence-electron chi connectivity index (χ2n) is 5.63. The zero-order valence-electron chi connectivity index (χ0n) is 14.1. The standard InChI is InChI=1S/C20H20N2OS/c1-4-22-18(16-11-6-5-7-12-16)15(3)24-20(22)21-19(23)17-13-9-8-10-14(17)2/h5-13H,4H2,1-3H3. The van der Waals surface area contributed by atoms with Crippen LogP contribution in [0.1, 0.15) is 27.7 Å². The molecule has 0 bridgehead atoms. The number of benzene rings is 2. The third-order valence-electron chi connectivity index (χ3n) is 4.01. The van der Waals surface area contributed by atoms with E-state index in [2.05, 4.69) is 35.5 Å². The highest BCUT2D eigenvalue weighted by molar-refractivity contribution is 7.09. The lowest BCUT2D eigenvalue weighted by molar-refractivity contribution is 0.0997. The lowest BCUT2D eigenvalue weighted by Crippen LogP contribution is -2.17. The topological polar surface area (TPSA) is 34.4 Å². The second-order valence-corrected chi connectivity index (χ2v) is 6.81. The number of nitrogens with zero attached hydrogens (tertiary/aromatic N) is 2. The van der Waals surface area contributed by atoms with E-state index in [1.54, 1.807) is 11.3 Å². The third-order valence-corrected chi connectivity index (χ3v) is 5.01. The van der Waals surface area contributed by atoms with E-state index < -0.39 is 0 Å². The van der Waals surface area contributed by atoms with E-state index >= 15 is 0 Å². The summed E-state index contributed by atoms with van der Waals surface area (Å²) in [5, 5.41) is 0. The van der Waals surface area contributed by atoms with Crippen LogP contribution < -0.4 is 4.80 Å². The van der Waals surface area contributed by atoms with Crippen molar-refractivity contribution < 1.29 is 4.79 Å². The Morgan fingerprint density at radius 2 is 1.71 bits per heavy atom. The second kappa shape index (κ2) is 6.97. The van der Waals surface area contributed by atoms with Crippen molar-refractivity contribution in [3.63, 3.8) is 0 Å². The lowest BCUT2D eigenvalue weighted by atomic mass is 10.1. The molecule has 0 saturated heterocycles. The molecule has 0 fully saturated rings. The summed E-state index contributed by atoms with van der Waals surface area (Å²) in [6.45, 7) is 6.87. The van der Waals surface area contributed by atoms with Crippen LogP contribution >= 0.6 is 11.3 Å². The van der Waals surface area contributed by atoms with Gasteiger partial charge in [-0.25, -0.2) is 0 Å². The molecular weight excluding hydrogens is 316 g/mol. The molecule has 0 unspecified atom stereocenters. The normalized spacial score (nSPS) is 11.7. The molecule has 2 aromatic carbocycles. The molecule has 1 heterocycles. The highest BCUT2D eigenvalue weighted by Crippen LogP contribution is 2.25. The van der Waals surface area contributed by atoms with E-state index in [9.17, 15) is 4.79 Å². The fourth-order valence-electron chi connectivity index (χ4n) is 2.82. The van der Waals surface area contributed by atoms with Gasteiger partial charge in [0.15, 0.2) is 4.80 Å². The Labute approximate surface area is 145 Å². The molecule has 24 heavy (non-hydrogen) atoms. The van der Waals surface area contributed by atoms with E-state index in [0.29, 0.717) is 5.56 Å². The number of thiazole rings is 1. The number of rotatable bonds is 3.